The van der Waals surface area contributed by atoms with Gasteiger partial charge in [0.2, 0.25) is 0 Å². The molecule has 1 aromatic rings. The van der Waals surface area contributed by atoms with Crippen molar-refractivity contribution < 1.29 is 0 Å². The van der Waals surface area contributed by atoms with Crippen molar-refractivity contribution in [2.75, 3.05) is 6.54 Å². The van der Waals surface area contributed by atoms with Crippen LogP contribution in [0, 0.1) is 5.41 Å². The van der Waals surface area contributed by atoms with Crippen molar-refractivity contribution in [1.29, 1.82) is 0 Å². The molecule has 3 nitrogen and oxygen atoms in total. The molecule has 0 saturated carbocycles. The van der Waals surface area contributed by atoms with Gasteiger partial charge < -0.3 is 5.32 Å². The zero-order chi connectivity index (χ0) is 13.1. The minimum atomic E-state index is 0.159. The first-order chi connectivity index (χ1) is 7.94. The number of nitrogens with zero attached hydrogens (tertiary/aromatic N) is 2. The molecule has 0 aliphatic heterocycles. The molecule has 1 unspecified atom stereocenters. The van der Waals surface area contributed by atoms with Crippen LogP contribution in [0.25, 0.3) is 0 Å². The molecule has 1 aromatic heterocycles. The number of rotatable bonds is 6. The van der Waals surface area contributed by atoms with E-state index in [0.717, 1.165) is 30.1 Å². The van der Waals surface area contributed by atoms with E-state index in [2.05, 4.69) is 38.1 Å². The van der Waals surface area contributed by atoms with Crippen LogP contribution in [0.15, 0.2) is 6.20 Å². The number of hydrogen-bond donors (Lipinski definition) is 1. The lowest BCUT2D eigenvalue weighted by atomic mass is 9.80. The summed E-state index contributed by atoms with van der Waals surface area (Å²) in [7, 11) is 1.95. The lowest BCUT2D eigenvalue weighted by molar-refractivity contribution is 0.225. The Morgan fingerprint density at radius 3 is 2.53 bits per heavy atom. The normalized spacial score (nSPS) is 14.0. The predicted molar refractivity (Wildman–Crippen MR) is 73.3 cm³/mol. The summed E-state index contributed by atoms with van der Waals surface area (Å²) in [5.74, 6) is 0. The molecule has 0 aromatic carbocycles. The van der Waals surface area contributed by atoms with Gasteiger partial charge in [-0.3, -0.25) is 4.68 Å². The van der Waals surface area contributed by atoms with Gasteiger partial charge in [0.1, 0.15) is 0 Å². The van der Waals surface area contributed by atoms with Crippen LogP contribution in [0.4, 0.5) is 0 Å². The maximum absolute atomic E-state index is 6.26. The van der Waals surface area contributed by atoms with Crippen LogP contribution in [0.3, 0.4) is 0 Å². The Bertz CT molecular complexity index is 338. The molecule has 1 atom stereocenters. The summed E-state index contributed by atoms with van der Waals surface area (Å²) in [5, 5.41) is 8.59. The van der Waals surface area contributed by atoms with Crippen molar-refractivity contribution in [2.24, 2.45) is 12.5 Å². The molecular weight excluding hydrogens is 234 g/mol. The molecule has 0 radical (unpaired) electrons. The third-order valence-electron chi connectivity index (χ3n) is 3.50. The first-order valence-electron chi connectivity index (χ1n) is 6.34. The van der Waals surface area contributed by atoms with Crippen LogP contribution in [-0.4, -0.2) is 16.3 Å². The van der Waals surface area contributed by atoms with Gasteiger partial charge in [0.05, 0.1) is 23.0 Å². The topological polar surface area (TPSA) is 29.9 Å². The van der Waals surface area contributed by atoms with E-state index in [-0.39, 0.29) is 11.5 Å². The molecule has 0 spiro atoms. The first kappa shape index (κ1) is 14.5. The summed E-state index contributed by atoms with van der Waals surface area (Å²) in [6, 6.07) is 0.243. The number of halogens is 1. The monoisotopic (exact) mass is 257 g/mol. The molecule has 1 rings (SSSR count). The molecule has 1 N–H and O–H groups in total. The molecule has 4 heteroatoms. The zero-order valence-corrected chi connectivity index (χ0v) is 12.3. The summed E-state index contributed by atoms with van der Waals surface area (Å²) in [6.45, 7) is 9.92. The van der Waals surface area contributed by atoms with Crippen LogP contribution in [0.1, 0.15) is 52.3 Å². The molecule has 0 bridgehead atoms. The van der Waals surface area contributed by atoms with Gasteiger partial charge in [-0.25, -0.2) is 0 Å². The van der Waals surface area contributed by atoms with Crippen LogP contribution in [0.5, 0.6) is 0 Å². The molecule has 0 saturated heterocycles. The quantitative estimate of drug-likeness (QED) is 0.845. The van der Waals surface area contributed by atoms with Gasteiger partial charge in [-0.1, -0.05) is 39.3 Å². The van der Waals surface area contributed by atoms with Crippen LogP contribution < -0.4 is 5.32 Å². The summed E-state index contributed by atoms with van der Waals surface area (Å²) < 4.78 is 1.88. The second-order valence-electron chi connectivity index (χ2n) is 5.23. The van der Waals surface area contributed by atoms with Gasteiger partial charge >= 0.3 is 0 Å². The van der Waals surface area contributed by atoms with Crippen molar-refractivity contribution in [3.05, 3.63) is 16.9 Å². The molecular formula is C13H24ClN3. The molecule has 17 heavy (non-hydrogen) atoms. The Morgan fingerprint density at radius 1 is 1.47 bits per heavy atom. The van der Waals surface area contributed by atoms with Crippen LogP contribution >= 0.6 is 11.6 Å². The van der Waals surface area contributed by atoms with E-state index in [0.29, 0.717) is 0 Å². The number of nitrogens with one attached hydrogen (secondary N) is 1. The summed E-state index contributed by atoms with van der Waals surface area (Å²) >= 11 is 6.26. The third kappa shape index (κ3) is 3.23. The van der Waals surface area contributed by atoms with Crippen molar-refractivity contribution in [3.8, 4) is 0 Å². The van der Waals surface area contributed by atoms with Gasteiger partial charge in [0.15, 0.2) is 0 Å². The first-order valence-corrected chi connectivity index (χ1v) is 6.72. The molecule has 0 amide bonds. The smallest absolute Gasteiger partial charge is 0.0834 e. The highest BCUT2D eigenvalue weighted by molar-refractivity contribution is 6.31. The largest absolute Gasteiger partial charge is 0.308 e. The summed E-state index contributed by atoms with van der Waals surface area (Å²) in [4.78, 5) is 0. The van der Waals surface area contributed by atoms with Crippen molar-refractivity contribution >= 4 is 11.6 Å². The van der Waals surface area contributed by atoms with Crippen molar-refractivity contribution in [1.82, 2.24) is 15.1 Å². The van der Waals surface area contributed by atoms with E-state index in [4.69, 9.17) is 11.6 Å². The fourth-order valence-corrected chi connectivity index (χ4v) is 2.26. The Labute approximate surface area is 110 Å². The van der Waals surface area contributed by atoms with Gasteiger partial charge in [0, 0.05) is 7.05 Å². The Balaban J connectivity index is 3.06. The minimum Gasteiger partial charge on any atom is -0.308 e. The highest BCUT2D eigenvalue weighted by atomic mass is 35.5. The van der Waals surface area contributed by atoms with E-state index in [1.807, 2.05) is 11.7 Å². The highest BCUT2D eigenvalue weighted by Gasteiger charge is 2.32. The lowest BCUT2D eigenvalue weighted by Crippen LogP contribution is -2.36. The third-order valence-corrected chi connectivity index (χ3v) is 3.79. The van der Waals surface area contributed by atoms with E-state index < -0.39 is 0 Å². The van der Waals surface area contributed by atoms with Crippen LogP contribution in [0.2, 0.25) is 5.02 Å². The Kier molecular flexibility index (Phi) is 5.02. The molecule has 0 aliphatic rings. The summed E-state index contributed by atoms with van der Waals surface area (Å²) in [6.07, 6.45) is 3.94. The number of hydrogen-bond acceptors (Lipinski definition) is 2. The van der Waals surface area contributed by atoms with E-state index >= 15 is 0 Å². The highest BCUT2D eigenvalue weighted by Crippen LogP contribution is 2.38. The molecule has 1 heterocycles. The van der Waals surface area contributed by atoms with Crippen molar-refractivity contribution in [2.45, 2.75) is 46.6 Å². The maximum Gasteiger partial charge on any atom is 0.0834 e. The zero-order valence-electron chi connectivity index (χ0n) is 11.5. The van der Waals surface area contributed by atoms with Gasteiger partial charge in [-0.2, -0.15) is 5.10 Å². The lowest BCUT2D eigenvalue weighted by Gasteiger charge is -2.34. The molecule has 0 fully saturated rings. The Hall–Kier alpha value is -0.540. The molecule has 0 aliphatic carbocycles. The fourth-order valence-electron chi connectivity index (χ4n) is 1.98. The second kappa shape index (κ2) is 5.87. The van der Waals surface area contributed by atoms with Crippen LogP contribution in [-0.2, 0) is 7.05 Å². The number of aromatic nitrogens is 2. The van der Waals surface area contributed by atoms with Gasteiger partial charge in [-0.15, -0.1) is 0 Å². The minimum absolute atomic E-state index is 0.159. The SMILES string of the molecule is CCCNC(c1c(Cl)cnn1C)C(C)(C)CC. The van der Waals surface area contributed by atoms with Crippen molar-refractivity contribution in [3.63, 3.8) is 0 Å². The average Bonchev–Trinajstić information content (AvgIpc) is 2.61. The summed E-state index contributed by atoms with van der Waals surface area (Å²) in [5.41, 5.74) is 1.25. The average molecular weight is 258 g/mol. The van der Waals surface area contributed by atoms with E-state index in [1.165, 1.54) is 0 Å². The number of aryl methyl sites for hydroxylation is 1. The maximum atomic E-state index is 6.26. The van der Waals surface area contributed by atoms with E-state index in [9.17, 15) is 0 Å². The van der Waals surface area contributed by atoms with Gasteiger partial charge in [-0.05, 0) is 24.8 Å². The molecule has 98 valence electrons. The fraction of sp³-hybridized carbons (Fsp3) is 0.769. The Morgan fingerprint density at radius 2 is 2.12 bits per heavy atom. The standard InChI is InChI=1S/C13H24ClN3/c1-6-8-15-12(13(3,4)7-2)11-10(14)9-16-17(11)5/h9,12,15H,6-8H2,1-5H3. The van der Waals surface area contributed by atoms with E-state index in [1.54, 1.807) is 6.20 Å². The second-order valence-corrected chi connectivity index (χ2v) is 5.64. The predicted octanol–water partition coefficient (Wildman–Crippen LogP) is 3.55. The van der Waals surface area contributed by atoms with Gasteiger partial charge in [0.25, 0.3) is 0 Å².